The maximum Gasteiger partial charge on any atom is 0.254 e. The maximum atomic E-state index is 13.3. The Labute approximate surface area is 150 Å². The fraction of sp³-hybridized carbons (Fsp3) is 0.200. The number of carbonyl (C=O) groups is 1. The molecular formula is C20H17N3O3. The Morgan fingerprint density at radius 2 is 1.96 bits per heavy atom. The maximum absolute atomic E-state index is 13.3. The van der Waals surface area contributed by atoms with Crippen molar-refractivity contribution >= 4 is 5.91 Å². The summed E-state index contributed by atoms with van der Waals surface area (Å²) in [7, 11) is 0. The van der Waals surface area contributed by atoms with Gasteiger partial charge < -0.3 is 19.4 Å². The van der Waals surface area contributed by atoms with E-state index in [9.17, 15) is 4.79 Å². The van der Waals surface area contributed by atoms with Gasteiger partial charge >= 0.3 is 0 Å². The molecule has 3 aromatic rings. The Balaban J connectivity index is 1.55. The minimum atomic E-state index is -0.205. The van der Waals surface area contributed by atoms with E-state index < -0.39 is 0 Å². The minimum Gasteiger partial charge on any atom is -0.454 e. The lowest BCUT2D eigenvalue weighted by Gasteiger charge is -2.35. The van der Waals surface area contributed by atoms with Gasteiger partial charge in [0, 0.05) is 24.2 Å². The highest BCUT2D eigenvalue weighted by molar-refractivity contribution is 5.95. The molecule has 0 bridgehead atoms. The molecule has 130 valence electrons. The van der Waals surface area contributed by atoms with E-state index in [1.165, 1.54) is 0 Å². The van der Waals surface area contributed by atoms with Crippen molar-refractivity contribution in [2.24, 2.45) is 0 Å². The number of aromatic nitrogens is 2. The highest BCUT2D eigenvalue weighted by atomic mass is 16.7. The third kappa shape index (κ3) is 2.34. The zero-order valence-electron chi connectivity index (χ0n) is 14.0. The van der Waals surface area contributed by atoms with E-state index in [0.717, 1.165) is 23.4 Å². The molecule has 6 heteroatoms. The molecule has 1 unspecified atom stereocenters. The van der Waals surface area contributed by atoms with Crippen molar-refractivity contribution < 1.29 is 14.3 Å². The van der Waals surface area contributed by atoms with Crippen LogP contribution in [0.2, 0.25) is 0 Å². The van der Waals surface area contributed by atoms with Crippen LogP contribution in [0, 0.1) is 0 Å². The summed E-state index contributed by atoms with van der Waals surface area (Å²) in [5, 5.41) is 0. The van der Waals surface area contributed by atoms with Crippen molar-refractivity contribution in [2.45, 2.75) is 12.5 Å². The van der Waals surface area contributed by atoms with Crippen LogP contribution in [-0.2, 0) is 6.42 Å². The van der Waals surface area contributed by atoms with Gasteiger partial charge in [-0.25, -0.2) is 4.98 Å². The Morgan fingerprint density at radius 1 is 1.12 bits per heavy atom. The van der Waals surface area contributed by atoms with Crippen LogP contribution in [0.4, 0.5) is 0 Å². The third-order valence-corrected chi connectivity index (χ3v) is 4.92. The first-order valence-electron chi connectivity index (χ1n) is 8.59. The molecule has 0 saturated heterocycles. The molecule has 1 amide bonds. The molecule has 0 radical (unpaired) electrons. The summed E-state index contributed by atoms with van der Waals surface area (Å²) >= 11 is 0. The van der Waals surface area contributed by atoms with Crippen LogP contribution in [0.3, 0.4) is 0 Å². The predicted molar refractivity (Wildman–Crippen MR) is 94.2 cm³/mol. The summed E-state index contributed by atoms with van der Waals surface area (Å²) in [4.78, 5) is 22.9. The van der Waals surface area contributed by atoms with Gasteiger partial charge in [-0.1, -0.05) is 30.3 Å². The fourth-order valence-electron chi connectivity index (χ4n) is 3.66. The number of ether oxygens (including phenoxy) is 2. The second kappa shape index (κ2) is 5.91. The smallest absolute Gasteiger partial charge is 0.254 e. The number of fused-ring (bicyclic) bond motifs is 2. The van der Waals surface area contributed by atoms with Gasteiger partial charge in [0.1, 0.15) is 6.04 Å². The predicted octanol–water partition coefficient (Wildman–Crippen LogP) is 2.93. The molecule has 2 aliphatic rings. The summed E-state index contributed by atoms with van der Waals surface area (Å²) in [6.45, 7) is 0.821. The van der Waals surface area contributed by atoms with Gasteiger partial charge in [-0.05, 0) is 23.8 Å². The van der Waals surface area contributed by atoms with E-state index in [1.807, 2.05) is 35.2 Å². The van der Waals surface area contributed by atoms with Crippen LogP contribution in [-0.4, -0.2) is 34.1 Å². The van der Waals surface area contributed by atoms with Gasteiger partial charge in [0.05, 0.1) is 12.0 Å². The Kier molecular flexibility index (Phi) is 3.41. The van der Waals surface area contributed by atoms with Crippen LogP contribution in [0.25, 0.3) is 0 Å². The Bertz CT molecular complexity index is 967. The standard InChI is InChI=1S/C20H17N3O3/c24-20(14-6-7-16-17(10-14)26-12-25-16)23-9-8-15-18(22-11-21-15)19(23)13-4-2-1-3-5-13/h1-7,10-11,19H,8-9,12H2,(H,21,22). The third-order valence-electron chi connectivity index (χ3n) is 4.92. The SMILES string of the molecule is O=C(c1ccc2c(c1)OCO2)N1CCc2[nH]cnc2C1c1ccccc1. The van der Waals surface area contributed by atoms with Crippen molar-refractivity contribution in [3.8, 4) is 11.5 Å². The van der Waals surface area contributed by atoms with Gasteiger partial charge in [0.25, 0.3) is 5.91 Å². The summed E-state index contributed by atoms with van der Waals surface area (Å²) in [5.41, 5.74) is 3.65. The molecule has 1 N–H and O–H groups in total. The van der Waals surface area contributed by atoms with Crippen molar-refractivity contribution in [3.05, 3.63) is 77.4 Å². The first-order chi connectivity index (χ1) is 12.8. The number of hydrogen-bond donors (Lipinski definition) is 1. The lowest BCUT2D eigenvalue weighted by molar-refractivity contribution is 0.0690. The molecule has 0 fully saturated rings. The van der Waals surface area contributed by atoms with E-state index in [2.05, 4.69) is 9.97 Å². The van der Waals surface area contributed by atoms with E-state index >= 15 is 0 Å². The summed E-state index contributed by atoms with van der Waals surface area (Å²) in [6, 6.07) is 15.1. The molecule has 26 heavy (non-hydrogen) atoms. The molecule has 1 aromatic heterocycles. The average molecular weight is 347 g/mol. The first-order valence-corrected chi connectivity index (χ1v) is 8.59. The zero-order chi connectivity index (χ0) is 17.5. The normalized spacial score (nSPS) is 17.8. The number of rotatable bonds is 2. The van der Waals surface area contributed by atoms with Crippen LogP contribution < -0.4 is 9.47 Å². The highest BCUT2D eigenvalue weighted by Crippen LogP contribution is 2.36. The number of carbonyl (C=O) groups excluding carboxylic acids is 1. The van der Waals surface area contributed by atoms with Crippen molar-refractivity contribution in [3.63, 3.8) is 0 Å². The fourth-order valence-corrected chi connectivity index (χ4v) is 3.66. The van der Waals surface area contributed by atoms with Gasteiger partial charge in [0.2, 0.25) is 6.79 Å². The molecule has 6 nitrogen and oxygen atoms in total. The number of imidazole rings is 1. The van der Waals surface area contributed by atoms with Crippen LogP contribution in [0.1, 0.15) is 33.4 Å². The van der Waals surface area contributed by atoms with Gasteiger partial charge in [-0.2, -0.15) is 0 Å². The first kappa shape index (κ1) is 15.0. The van der Waals surface area contributed by atoms with E-state index in [0.29, 0.717) is 23.6 Å². The summed E-state index contributed by atoms with van der Waals surface area (Å²) < 4.78 is 10.8. The van der Waals surface area contributed by atoms with Crippen LogP contribution in [0.5, 0.6) is 11.5 Å². The number of aromatic amines is 1. The largest absolute Gasteiger partial charge is 0.454 e. The molecule has 2 aliphatic heterocycles. The summed E-state index contributed by atoms with van der Waals surface area (Å²) in [5.74, 6) is 1.25. The lowest BCUT2D eigenvalue weighted by atomic mass is 9.95. The molecule has 3 heterocycles. The topological polar surface area (TPSA) is 67.5 Å². The van der Waals surface area contributed by atoms with E-state index in [4.69, 9.17) is 9.47 Å². The van der Waals surface area contributed by atoms with Gasteiger partial charge in [-0.3, -0.25) is 4.79 Å². The van der Waals surface area contributed by atoms with Crippen molar-refractivity contribution in [1.82, 2.24) is 14.9 Å². The van der Waals surface area contributed by atoms with Gasteiger partial charge in [0.15, 0.2) is 11.5 Å². The zero-order valence-corrected chi connectivity index (χ0v) is 14.0. The van der Waals surface area contributed by atoms with E-state index in [-0.39, 0.29) is 18.7 Å². The summed E-state index contributed by atoms with van der Waals surface area (Å²) in [6.07, 6.45) is 2.46. The van der Waals surface area contributed by atoms with Crippen molar-refractivity contribution in [1.29, 1.82) is 0 Å². The number of amides is 1. The van der Waals surface area contributed by atoms with Crippen LogP contribution >= 0.6 is 0 Å². The number of H-pyrrole nitrogens is 1. The quantitative estimate of drug-likeness (QED) is 0.774. The monoisotopic (exact) mass is 347 g/mol. The molecule has 0 saturated carbocycles. The molecule has 0 spiro atoms. The van der Waals surface area contributed by atoms with Crippen LogP contribution in [0.15, 0.2) is 54.9 Å². The molecule has 2 aromatic carbocycles. The van der Waals surface area contributed by atoms with E-state index in [1.54, 1.807) is 24.5 Å². The number of hydrogen-bond acceptors (Lipinski definition) is 4. The van der Waals surface area contributed by atoms with Gasteiger partial charge in [-0.15, -0.1) is 0 Å². The Morgan fingerprint density at radius 3 is 2.85 bits per heavy atom. The average Bonchev–Trinajstić information content (AvgIpc) is 3.35. The number of benzene rings is 2. The lowest BCUT2D eigenvalue weighted by Crippen LogP contribution is -2.40. The molecular weight excluding hydrogens is 330 g/mol. The number of nitrogens with zero attached hydrogens (tertiary/aromatic N) is 2. The Hall–Kier alpha value is -3.28. The molecule has 5 rings (SSSR count). The second-order valence-electron chi connectivity index (χ2n) is 6.40. The number of nitrogens with one attached hydrogen (secondary N) is 1. The van der Waals surface area contributed by atoms with Crippen molar-refractivity contribution in [2.75, 3.05) is 13.3 Å². The molecule has 1 atom stereocenters. The molecule has 0 aliphatic carbocycles. The second-order valence-corrected chi connectivity index (χ2v) is 6.40. The highest BCUT2D eigenvalue weighted by Gasteiger charge is 2.34. The minimum absolute atomic E-state index is 0.0363.